The first-order chi connectivity index (χ1) is 13.8. The van der Waals surface area contributed by atoms with Gasteiger partial charge < -0.3 is 5.32 Å². The van der Waals surface area contributed by atoms with Crippen molar-refractivity contribution in [3.63, 3.8) is 0 Å². The minimum atomic E-state index is -0.410. The normalized spacial score (nSPS) is 10.6. The Hall–Kier alpha value is -2.13. The third-order valence-corrected chi connectivity index (χ3v) is 6.15. The molecule has 10 heteroatoms. The number of aryl methyl sites for hydroxylation is 2. The summed E-state index contributed by atoms with van der Waals surface area (Å²) < 4.78 is 0.568. The number of amides is 2. The van der Waals surface area contributed by atoms with Crippen molar-refractivity contribution >= 4 is 68.9 Å². The fourth-order valence-electron chi connectivity index (χ4n) is 2.53. The number of anilines is 2. The molecule has 3 rings (SSSR count). The molecule has 0 aliphatic heterocycles. The molecule has 0 radical (unpaired) electrons. The Kier molecular flexibility index (Phi) is 7.13. The van der Waals surface area contributed by atoms with Crippen LogP contribution in [0.25, 0.3) is 0 Å². The summed E-state index contributed by atoms with van der Waals surface area (Å²) in [7, 11) is 0. The third kappa shape index (κ3) is 6.17. The molecule has 2 N–H and O–H groups in total. The lowest BCUT2D eigenvalue weighted by atomic mass is 10.1. The molecular weight excluding hydrogens is 451 g/mol. The highest BCUT2D eigenvalue weighted by Crippen LogP contribution is 2.27. The first-order valence-corrected chi connectivity index (χ1v) is 11.0. The van der Waals surface area contributed by atoms with E-state index in [0.717, 1.165) is 16.8 Å². The van der Waals surface area contributed by atoms with E-state index in [1.54, 1.807) is 6.07 Å². The molecular formula is C19H16Cl2N4O2S2. The van der Waals surface area contributed by atoms with Gasteiger partial charge >= 0.3 is 0 Å². The van der Waals surface area contributed by atoms with Gasteiger partial charge in [0.25, 0.3) is 5.91 Å². The van der Waals surface area contributed by atoms with Gasteiger partial charge in [-0.15, -0.1) is 10.2 Å². The Balaban J connectivity index is 1.54. The summed E-state index contributed by atoms with van der Waals surface area (Å²) in [6.07, 6.45) is 0. The average molecular weight is 467 g/mol. The maximum Gasteiger partial charge on any atom is 0.259 e. The van der Waals surface area contributed by atoms with E-state index in [1.165, 1.54) is 35.2 Å². The number of thioether (sulfide) groups is 1. The molecule has 29 heavy (non-hydrogen) atoms. The van der Waals surface area contributed by atoms with E-state index in [4.69, 9.17) is 23.2 Å². The standard InChI is InChI=1S/C19H16Cl2N4O2S2/c1-10-5-11(2)7-13(6-10)22-16(26)9-28-19-25-24-18(29-19)23-17(27)14-4-3-12(20)8-15(14)21/h3-8H,9H2,1-2H3,(H,22,26)(H,23,24,27). The molecule has 1 heterocycles. The van der Waals surface area contributed by atoms with Gasteiger partial charge in [0.05, 0.1) is 16.3 Å². The minimum Gasteiger partial charge on any atom is -0.325 e. The zero-order chi connectivity index (χ0) is 21.0. The summed E-state index contributed by atoms with van der Waals surface area (Å²) in [5.74, 6) is -0.376. The second-order valence-electron chi connectivity index (χ2n) is 6.16. The lowest BCUT2D eigenvalue weighted by Crippen LogP contribution is -2.14. The first kappa shape index (κ1) is 21.6. The highest BCUT2D eigenvalue weighted by Gasteiger charge is 2.14. The van der Waals surface area contributed by atoms with E-state index < -0.39 is 5.91 Å². The lowest BCUT2D eigenvalue weighted by molar-refractivity contribution is -0.113. The van der Waals surface area contributed by atoms with Gasteiger partial charge in [0.2, 0.25) is 11.0 Å². The summed E-state index contributed by atoms with van der Waals surface area (Å²) >= 11 is 14.3. The smallest absolute Gasteiger partial charge is 0.259 e. The first-order valence-electron chi connectivity index (χ1n) is 8.41. The molecule has 0 aliphatic rings. The van der Waals surface area contributed by atoms with E-state index in [-0.39, 0.29) is 22.2 Å². The maximum absolute atomic E-state index is 12.3. The van der Waals surface area contributed by atoms with Crippen LogP contribution in [0.5, 0.6) is 0 Å². The van der Waals surface area contributed by atoms with Gasteiger partial charge in [-0.05, 0) is 55.3 Å². The highest BCUT2D eigenvalue weighted by molar-refractivity contribution is 8.01. The van der Waals surface area contributed by atoms with Crippen molar-refractivity contribution in [2.75, 3.05) is 16.4 Å². The molecule has 1 aromatic heterocycles. The van der Waals surface area contributed by atoms with Crippen LogP contribution < -0.4 is 10.6 Å². The van der Waals surface area contributed by atoms with Crippen molar-refractivity contribution in [2.24, 2.45) is 0 Å². The zero-order valence-electron chi connectivity index (χ0n) is 15.5. The molecule has 0 unspecified atom stereocenters. The van der Waals surface area contributed by atoms with Gasteiger partial charge in [-0.1, -0.05) is 52.4 Å². The number of carbonyl (C=O) groups is 2. The van der Waals surface area contributed by atoms with Gasteiger partial charge in [0, 0.05) is 10.7 Å². The number of halogens is 2. The molecule has 3 aromatic rings. The van der Waals surface area contributed by atoms with Crippen LogP contribution in [0.1, 0.15) is 21.5 Å². The van der Waals surface area contributed by atoms with Crippen LogP contribution in [0.15, 0.2) is 40.7 Å². The quantitative estimate of drug-likeness (QED) is 0.372. The average Bonchev–Trinajstić information content (AvgIpc) is 3.06. The summed E-state index contributed by atoms with van der Waals surface area (Å²) in [4.78, 5) is 24.5. The predicted molar refractivity (Wildman–Crippen MR) is 120 cm³/mol. The van der Waals surface area contributed by atoms with E-state index in [9.17, 15) is 9.59 Å². The van der Waals surface area contributed by atoms with Crippen molar-refractivity contribution < 1.29 is 9.59 Å². The van der Waals surface area contributed by atoms with Crippen molar-refractivity contribution in [2.45, 2.75) is 18.2 Å². The summed E-state index contributed by atoms with van der Waals surface area (Å²) in [6, 6.07) is 10.5. The van der Waals surface area contributed by atoms with E-state index in [2.05, 4.69) is 20.8 Å². The molecule has 0 saturated carbocycles. The molecule has 0 spiro atoms. The van der Waals surface area contributed by atoms with Crippen LogP contribution in [-0.4, -0.2) is 27.8 Å². The van der Waals surface area contributed by atoms with Crippen LogP contribution in [0, 0.1) is 13.8 Å². The minimum absolute atomic E-state index is 0.145. The number of rotatable bonds is 6. The second-order valence-corrected chi connectivity index (χ2v) is 9.21. The van der Waals surface area contributed by atoms with Crippen molar-refractivity contribution in [3.05, 3.63) is 63.1 Å². The van der Waals surface area contributed by atoms with Crippen LogP contribution >= 0.6 is 46.3 Å². The number of aromatic nitrogens is 2. The summed E-state index contributed by atoms with van der Waals surface area (Å²) in [5.41, 5.74) is 3.21. The topological polar surface area (TPSA) is 84.0 Å². The molecule has 0 saturated heterocycles. The largest absolute Gasteiger partial charge is 0.325 e. The molecule has 0 aliphatic carbocycles. The monoisotopic (exact) mass is 466 g/mol. The number of hydrogen-bond acceptors (Lipinski definition) is 6. The summed E-state index contributed by atoms with van der Waals surface area (Å²) in [5, 5.41) is 14.4. The van der Waals surface area contributed by atoms with Gasteiger partial charge in [-0.3, -0.25) is 14.9 Å². The van der Waals surface area contributed by atoms with Gasteiger partial charge in [-0.25, -0.2) is 0 Å². The van der Waals surface area contributed by atoms with Gasteiger partial charge in [0.15, 0.2) is 4.34 Å². The third-order valence-electron chi connectivity index (χ3n) is 3.63. The van der Waals surface area contributed by atoms with Gasteiger partial charge in [-0.2, -0.15) is 0 Å². The molecule has 2 aromatic carbocycles. The Labute approximate surface area is 186 Å². The lowest BCUT2D eigenvalue weighted by Gasteiger charge is -2.06. The molecule has 0 atom stereocenters. The Bertz CT molecular complexity index is 1050. The molecule has 0 bridgehead atoms. The number of carbonyl (C=O) groups excluding carboxylic acids is 2. The van der Waals surface area contributed by atoms with Crippen LogP contribution in [-0.2, 0) is 4.79 Å². The number of nitrogens with zero attached hydrogens (tertiary/aromatic N) is 2. The zero-order valence-corrected chi connectivity index (χ0v) is 18.6. The van der Waals surface area contributed by atoms with E-state index in [0.29, 0.717) is 14.5 Å². The van der Waals surface area contributed by atoms with E-state index in [1.807, 2.05) is 32.0 Å². The predicted octanol–water partition coefficient (Wildman–Crippen LogP) is 5.44. The number of benzene rings is 2. The fourth-order valence-corrected chi connectivity index (χ4v) is 4.57. The van der Waals surface area contributed by atoms with Crippen molar-refractivity contribution in [1.29, 1.82) is 0 Å². The van der Waals surface area contributed by atoms with Crippen LogP contribution in [0.4, 0.5) is 10.8 Å². The van der Waals surface area contributed by atoms with Crippen molar-refractivity contribution in [1.82, 2.24) is 10.2 Å². The summed E-state index contributed by atoms with van der Waals surface area (Å²) in [6.45, 7) is 3.96. The second kappa shape index (κ2) is 9.58. The molecule has 6 nitrogen and oxygen atoms in total. The van der Waals surface area contributed by atoms with Gasteiger partial charge in [0.1, 0.15) is 0 Å². The molecule has 0 fully saturated rings. The van der Waals surface area contributed by atoms with Crippen LogP contribution in [0.3, 0.4) is 0 Å². The number of hydrogen-bond donors (Lipinski definition) is 2. The Morgan fingerprint density at radius 2 is 1.76 bits per heavy atom. The highest BCUT2D eigenvalue weighted by atomic mass is 35.5. The Morgan fingerprint density at radius 1 is 1.03 bits per heavy atom. The fraction of sp³-hybridized carbons (Fsp3) is 0.158. The van der Waals surface area contributed by atoms with E-state index >= 15 is 0 Å². The van der Waals surface area contributed by atoms with Crippen LogP contribution in [0.2, 0.25) is 10.0 Å². The van der Waals surface area contributed by atoms with Crippen molar-refractivity contribution in [3.8, 4) is 0 Å². The number of nitrogens with one attached hydrogen (secondary N) is 2. The maximum atomic E-state index is 12.3. The molecule has 2 amide bonds. The Morgan fingerprint density at radius 3 is 2.45 bits per heavy atom. The molecule has 150 valence electrons. The SMILES string of the molecule is Cc1cc(C)cc(NC(=O)CSc2nnc(NC(=O)c3ccc(Cl)cc3Cl)s2)c1.